The van der Waals surface area contributed by atoms with E-state index in [1.54, 1.807) is 0 Å². The lowest BCUT2D eigenvalue weighted by Crippen LogP contribution is -2.66. The van der Waals surface area contributed by atoms with Gasteiger partial charge in [0.25, 0.3) is 0 Å². The van der Waals surface area contributed by atoms with Crippen molar-refractivity contribution in [3.05, 3.63) is 72.9 Å². The smallest absolute Gasteiger partial charge is 0.220 e. The van der Waals surface area contributed by atoms with Gasteiger partial charge in [-0.2, -0.15) is 0 Å². The second-order valence-electron chi connectivity index (χ2n) is 29.6. The minimum atomic E-state index is -1.98. The van der Waals surface area contributed by atoms with Gasteiger partial charge in [0, 0.05) is 6.42 Å². The van der Waals surface area contributed by atoms with E-state index in [0.29, 0.717) is 12.8 Å². The number of aliphatic hydroxyl groups excluding tert-OH is 11. The fourth-order valence-corrected chi connectivity index (χ4v) is 13.9. The fourth-order valence-electron chi connectivity index (χ4n) is 13.9. The van der Waals surface area contributed by atoms with Crippen LogP contribution in [0.1, 0.15) is 322 Å². The van der Waals surface area contributed by atoms with Crippen LogP contribution in [-0.4, -0.2) is 193 Å². The van der Waals surface area contributed by atoms with Crippen molar-refractivity contribution >= 4 is 5.91 Å². The molecular formula is C84H151NO18. The largest absolute Gasteiger partial charge is 0.394 e. The summed E-state index contributed by atoms with van der Waals surface area (Å²) in [6.07, 6.45) is 57.1. The number of carbonyl (C=O) groups excluding carboxylic acids is 1. The van der Waals surface area contributed by atoms with E-state index in [9.17, 15) is 61.0 Å². The number of amides is 1. The summed E-state index contributed by atoms with van der Waals surface area (Å²) < 4.78 is 34.5. The molecule has 17 unspecified atom stereocenters. The quantitative estimate of drug-likeness (QED) is 0.0199. The van der Waals surface area contributed by atoms with E-state index in [1.165, 1.54) is 186 Å². The Morgan fingerprint density at radius 1 is 0.359 bits per heavy atom. The molecule has 0 radical (unpaired) electrons. The van der Waals surface area contributed by atoms with Crippen molar-refractivity contribution in [3.63, 3.8) is 0 Å². The van der Waals surface area contributed by atoms with E-state index in [-0.39, 0.29) is 18.9 Å². The summed E-state index contributed by atoms with van der Waals surface area (Å²) in [5.74, 6) is -0.256. The summed E-state index contributed by atoms with van der Waals surface area (Å²) in [4.78, 5) is 13.5. The number of allylic oxidation sites excluding steroid dienone is 12. The first-order chi connectivity index (χ1) is 50.3. The van der Waals surface area contributed by atoms with Crippen molar-refractivity contribution in [2.75, 3.05) is 26.4 Å². The molecule has 3 rings (SSSR count). The number of carbonyl (C=O) groups is 1. The Morgan fingerprint density at radius 2 is 0.670 bits per heavy atom. The van der Waals surface area contributed by atoms with Gasteiger partial charge in [-0.3, -0.25) is 4.79 Å². The standard InChI is InChI=1S/C84H151NO18/c1-3-5-7-9-11-13-15-17-19-21-23-25-27-29-30-31-32-33-34-35-36-38-39-41-43-45-47-49-51-53-55-57-59-61-68(89)67(85-72(90)62-60-58-56-54-52-50-48-46-44-42-40-37-28-26-24-22-20-18-16-14-12-10-8-6-4-2)66-98-82-78(96)75(93)80(70(64-87)100-82)103-84-79(97)76(94)81(71(65-88)101-84)102-83-77(95)74(92)73(91)69(63-86)99-83/h6,8,12,14,18,20,24,26,37,40,44,46,67-71,73-84,86-89,91-97H,3-5,7,9-11,13,15-17,19,21-23,25,27-36,38-39,41-43,45,47-66H2,1-2H3,(H,85,90)/b8-6-,14-12-,20-18-,26-24-,40-37-,46-44-. The summed E-state index contributed by atoms with van der Waals surface area (Å²) in [6.45, 7) is 1.71. The zero-order chi connectivity index (χ0) is 74.6. The van der Waals surface area contributed by atoms with Gasteiger partial charge in [0.1, 0.15) is 73.2 Å². The molecule has 19 heteroatoms. The molecule has 1 amide bonds. The molecule has 600 valence electrons. The van der Waals surface area contributed by atoms with E-state index in [1.807, 2.05) is 0 Å². The van der Waals surface area contributed by atoms with Crippen LogP contribution in [0.15, 0.2) is 72.9 Å². The molecule has 0 aliphatic carbocycles. The average Bonchev–Trinajstić information content (AvgIpc) is 0.781. The third-order valence-electron chi connectivity index (χ3n) is 20.5. The lowest BCUT2D eigenvalue weighted by Gasteiger charge is -2.48. The highest BCUT2D eigenvalue weighted by atomic mass is 16.8. The van der Waals surface area contributed by atoms with Crippen LogP contribution in [0.2, 0.25) is 0 Å². The third kappa shape index (κ3) is 43.9. The molecule has 0 bridgehead atoms. The summed E-state index contributed by atoms with van der Waals surface area (Å²) in [5, 5.41) is 121. The van der Waals surface area contributed by atoms with Gasteiger partial charge in [-0.05, 0) is 64.2 Å². The Labute approximate surface area is 623 Å². The van der Waals surface area contributed by atoms with Crippen molar-refractivity contribution in [1.29, 1.82) is 0 Å². The van der Waals surface area contributed by atoms with Gasteiger partial charge in [0.2, 0.25) is 5.91 Å². The normalized spacial score (nSPS) is 26.4. The summed E-state index contributed by atoms with van der Waals surface area (Å²) >= 11 is 0. The van der Waals surface area contributed by atoms with E-state index in [0.717, 1.165) is 103 Å². The predicted octanol–water partition coefficient (Wildman–Crippen LogP) is 14.4. The van der Waals surface area contributed by atoms with Crippen LogP contribution in [0, 0.1) is 0 Å². The maximum atomic E-state index is 13.5. The van der Waals surface area contributed by atoms with Crippen LogP contribution in [0.3, 0.4) is 0 Å². The molecule has 12 N–H and O–H groups in total. The molecule has 3 aliphatic heterocycles. The number of rotatable bonds is 66. The van der Waals surface area contributed by atoms with Crippen LogP contribution in [0.4, 0.5) is 0 Å². The predicted molar refractivity (Wildman–Crippen MR) is 411 cm³/mol. The Balaban J connectivity index is 1.36. The Morgan fingerprint density at radius 3 is 1.05 bits per heavy atom. The number of aliphatic hydroxyl groups is 11. The van der Waals surface area contributed by atoms with Crippen molar-refractivity contribution in [2.45, 2.75) is 426 Å². The fraction of sp³-hybridized carbons (Fsp3) is 0.845. The van der Waals surface area contributed by atoms with Crippen LogP contribution in [-0.2, 0) is 33.2 Å². The van der Waals surface area contributed by atoms with Gasteiger partial charge >= 0.3 is 0 Å². The molecule has 3 fully saturated rings. The lowest BCUT2D eigenvalue weighted by atomic mass is 9.96. The van der Waals surface area contributed by atoms with E-state index in [2.05, 4.69) is 92.1 Å². The van der Waals surface area contributed by atoms with Crippen LogP contribution in [0.5, 0.6) is 0 Å². The van der Waals surface area contributed by atoms with Crippen LogP contribution in [0.25, 0.3) is 0 Å². The molecule has 0 saturated carbocycles. The molecule has 17 atom stereocenters. The molecule has 19 nitrogen and oxygen atoms in total. The maximum Gasteiger partial charge on any atom is 0.220 e. The van der Waals surface area contributed by atoms with E-state index >= 15 is 0 Å². The third-order valence-corrected chi connectivity index (χ3v) is 20.5. The first kappa shape index (κ1) is 94.4. The van der Waals surface area contributed by atoms with Gasteiger partial charge in [0.15, 0.2) is 18.9 Å². The molecule has 3 heterocycles. The highest BCUT2D eigenvalue weighted by Gasteiger charge is 2.54. The molecule has 3 aliphatic rings. The van der Waals surface area contributed by atoms with E-state index in [4.69, 9.17) is 28.4 Å². The Kier molecular flexibility index (Phi) is 58.8. The lowest BCUT2D eigenvalue weighted by molar-refractivity contribution is -0.379. The SMILES string of the molecule is CC/C=C\C/C=C\C/C=C\C/C=C\C/C=C\C/C=C\CCCCCCCCC(=O)NC(COC1OC(CO)C(OC2OC(CO)C(OC3OC(CO)C(O)C(O)C3O)C(O)C2O)C(O)C1O)C(O)CCCCCCCCCCCCCCCCCCCCCCCCCCCCCCCCCCC. The summed E-state index contributed by atoms with van der Waals surface area (Å²) in [7, 11) is 0. The highest BCUT2D eigenvalue weighted by molar-refractivity contribution is 5.76. The number of hydrogen-bond donors (Lipinski definition) is 12. The second-order valence-corrected chi connectivity index (χ2v) is 29.6. The monoisotopic (exact) mass is 1460 g/mol. The summed E-state index contributed by atoms with van der Waals surface area (Å²) in [5.41, 5.74) is 0. The van der Waals surface area contributed by atoms with Gasteiger partial charge in [-0.1, -0.05) is 324 Å². The summed E-state index contributed by atoms with van der Waals surface area (Å²) in [6, 6.07) is -0.903. The molecule has 0 spiro atoms. The number of ether oxygens (including phenoxy) is 6. The van der Waals surface area contributed by atoms with Gasteiger partial charge in [-0.25, -0.2) is 0 Å². The molecular weight excluding hydrogens is 1310 g/mol. The Bertz CT molecular complexity index is 2140. The van der Waals surface area contributed by atoms with Crippen molar-refractivity contribution in [1.82, 2.24) is 5.32 Å². The molecule has 0 aromatic rings. The first-order valence-electron chi connectivity index (χ1n) is 41.7. The zero-order valence-electron chi connectivity index (χ0n) is 64.3. The average molecular weight is 1460 g/mol. The van der Waals surface area contributed by atoms with E-state index < -0.39 is 124 Å². The topological polar surface area (TPSA) is 307 Å². The van der Waals surface area contributed by atoms with Crippen LogP contribution >= 0.6 is 0 Å². The zero-order valence-corrected chi connectivity index (χ0v) is 64.3. The number of hydrogen-bond acceptors (Lipinski definition) is 18. The van der Waals surface area contributed by atoms with Gasteiger partial charge in [-0.15, -0.1) is 0 Å². The van der Waals surface area contributed by atoms with Crippen molar-refractivity contribution < 1.29 is 89.4 Å². The highest BCUT2D eigenvalue weighted by Crippen LogP contribution is 2.33. The molecule has 103 heavy (non-hydrogen) atoms. The molecule has 0 aromatic heterocycles. The van der Waals surface area contributed by atoms with Gasteiger partial charge in [0.05, 0.1) is 38.6 Å². The number of unbranched alkanes of at least 4 members (excludes halogenated alkanes) is 38. The van der Waals surface area contributed by atoms with Crippen LogP contribution < -0.4 is 5.32 Å². The minimum absolute atomic E-state index is 0.246. The van der Waals surface area contributed by atoms with Crippen molar-refractivity contribution in [2.24, 2.45) is 0 Å². The minimum Gasteiger partial charge on any atom is -0.394 e. The molecule has 0 aromatic carbocycles. The number of nitrogens with one attached hydrogen (secondary N) is 1. The first-order valence-corrected chi connectivity index (χ1v) is 41.7. The van der Waals surface area contributed by atoms with Crippen molar-refractivity contribution in [3.8, 4) is 0 Å². The Hall–Kier alpha value is -2.77. The molecule has 3 saturated heterocycles. The van der Waals surface area contributed by atoms with Gasteiger partial charge < -0.3 is 89.9 Å². The maximum absolute atomic E-state index is 13.5. The second kappa shape index (κ2) is 64.1.